The predicted octanol–water partition coefficient (Wildman–Crippen LogP) is 4.42. The topological polar surface area (TPSA) is 0 Å². The van der Waals surface area contributed by atoms with Gasteiger partial charge in [-0.15, -0.1) is 0 Å². The first-order chi connectivity index (χ1) is 7.27. The zero-order valence-corrected chi connectivity index (χ0v) is 10.7. The molecule has 0 heterocycles. The number of fused-ring (bicyclic) bond motifs is 3. The highest BCUT2D eigenvalue weighted by atomic mass is 127. The molecule has 0 nitrogen and oxygen atoms in total. The fourth-order valence-electron chi connectivity index (χ4n) is 2.42. The molecule has 15 heavy (non-hydrogen) atoms. The van der Waals surface area contributed by atoms with Gasteiger partial charge in [0, 0.05) is 9.49 Å². The summed E-state index contributed by atoms with van der Waals surface area (Å²) in [5.41, 5.74) is 5.77. The van der Waals surface area contributed by atoms with E-state index in [0.29, 0.717) is 5.92 Å². The largest absolute Gasteiger partial charge is 0.0619 e. The zero-order valence-electron chi connectivity index (χ0n) is 8.50. The van der Waals surface area contributed by atoms with Gasteiger partial charge in [0.2, 0.25) is 0 Å². The molecule has 0 saturated carbocycles. The van der Waals surface area contributed by atoms with Crippen LogP contribution in [-0.4, -0.2) is 0 Å². The Balaban J connectivity index is 2.32. The van der Waals surface area contributed by atoms with Crippen molar-refractivity contribution in [2.45, 2.75) is 12.8 Å². The smallest absolute Gasteiger partial charge is 0.0133 e. The van der Waals surface area contributed by atoms with Gasteiger partial charge in [0.15, 0.2) is 0 Å². The molecule has 1 aliphatic rings. The molecule has 1 heteroatoms. The average Bonchev–Trinajstić information content (AvgIpc) is 2.54. The summed E-state index contributed by atoms with van der Waals surface area (Å²) >= 11 is 2.38. The molecule has 74 valence electrons. The molecule has 1 unspecified atom stereocenters. The van der Waals surface area contributed by atoms with Crippen molar-refractivity contribution in [2.24, 2.45) is 0 Å². The molecule has 1 aliphatic carbocycles. The van der Waals surface area contributed by atoms with Crippen LogP contribution in [0.15, 0.2) is 42.5 Å². The van der Waals surface area contributed by atoms with Crippen molar-refractivity contribution in [3.05, 3.63) is 57.2 Å². The van der Waals surface area contributed by atoms with E-state index in [1.165, 1.54) is 25.8 Å². The molecule has 0 N–H and O–H groups in total. The van der Waals surface area contributed by atoms with Gasteiger partial charge in [0.25, 0.3) is 0 Å². The van der Waals surface area contributed by atoms with E-state index >= 15 is 0 Å². The first-order valence-corrected chi connectivity index (χ1v) is 6.24. The van der Waals surface area contributed by atoms with Gasteiger partial charge < -0.3 is 0 Å². The number of rotatable bonds is 0. The monoisotopic (exact) mass is 306 g/mol. The molecule has 0 saturated heterocycles. The van der Waals surface area contributed by atoms with Gasteiger partial charge in [-0.3, -0.25) is 0 Å². The third-order valence-corrected chi connectivity index (χ3v) is 3.87. The van der Waals surface area contributed by atoms with Gasteiger partial charge in [-0.2, -0.15) is 0 Å². The zero-order chi connectivity index (χ0) is 10.4. The van der Waals surface area contributed by atoms with Crippen LogP contribution in [-0.2, 0) is 0 Å². The van der Waals surface area contributed by atoms with Crippen LogP contribution in [0.5, 0.6) is 0 Å². The molecule has 2 aromatic rings. The lowest BCUT2D eigenvalue weighted by molar-refractivity contribution is 0.955. The fraction of sp³-hybridized carbons (Fsp3) is 0.143. The number of benzene rings is 2. The highest BCUT2D eigenvalue weighted by Crippen LogP contribution is 2.44. The molecular formula is C14H11I. The van der Waals surface area contributed by atoms with E-state index in [-0.39, 0.29) is 0 Å². The van der Waals surface area contributed by atoms with E-state index in [0.717, 1.165) is 0 Å². The summed E-state index contributed by atoms with van der Waals surface area (Å²) in [6, 6.07) is 15.5. The van der Waals surface area contributed by atoms with E-state index in [4.69, 9.17) is 0 Å². The summed E-state index contributed by atoms with van der Waals surface area (Å²) in [5, 5.41) is 0. The Morgan fingerprint density at radius 3 is 2.53 bits per heavy atom. The van der Waals surface area contributed by atoms with Crippen molar-refractivity contribution in [1.82, 2.24) is 0 Å². The second-order valence-corrected chi connectivity index (χ2v) is 5.29. The molecular weight excluding hydrogens is 295 g/mol. The fourth-order valence-corrected chi connectivity index (χ4v) is 2.94. The Morgan fingerprint density at radius 1 is 0.933 bits per heavy atom. The Labute approximate surface area is 103 Å². The lowest BCUT2D eigenvalue weighted by Crippen LogP contribution is -1.89. The summed E-state index contributed by atoms with van der Waals surface area (Å²) < 4.78 is 1.33. The SMILES string of the molecule is CC1c2ccccc2-c2ccc(I)cc21. The van der Waals surface area contributed by atoms with Crippen molar-refractivity contribution in [2.75, 3.05) is 0 Å². The molecule has 0 fully saturated rings. The second-order valence-electron chi connectivity index (χ2n) is 4.04. The average molecular weight is 306 g/mol. The van der Waals surface area contributed by atoms with Crippen LogP contribution >= 0.6 is 22.6 Å². The maximum atomic E-state index is 2.38. The number of halogens is 1. The molecule has 2 aromatic carbocycles. The highest BCUT2D eigenvalue weighted by Gasteiger charge is 2.24. The minimum Gasteiger partial charge on any atom is -0.0619 e. The summed E-state index contributed by atoms with van der Waals surface area (Å²) in [6.07, 6.45) is 0. The van der Waals surface area contributed by atoms with Crippen LogP contribution in [0.2, 0.25) is 0 Å². The number of hydrogen-bond donors (Lipinski definition) is 0. The summed E-state index contributed by atoms with van der Waals surface area (Å²) in [7, 11) is 0. The minimum atomic E-state index is 0.547. The Hall–Kier alpha value is -0.830. The van der Waals surface area contributed by atoms with Crippen LogP contribution in [0.25, 0.3) is 11.1 Å². The predicted molar refractivity (Wildman–Crippen MR) is 72.1 cm³/mol. The molecule has 0 radical (unpaired) electrons. The Morgan fingerprint density at radius 2 is 1.67 bits per heavy atom. The van der Waals surface area contributed by atoms with Gasteiger partial charge in [-0.1, -0.05) is 37.3 Å². The number of hydrogen-bond acceptors (Lipinski definition) is 0. The van der Waals surface area contributed by atoms with E-state index in [1.54, 1.807) is 0 Å². The van der Waals surface area contributed by atoms with Crippen LogP contribution in [0.1, 0.15) is 24.0 Å². The Bertz CT molecular complexity index is 529. The van der Waals surface area contributed by atoms with E-state index in [2.05, 4.69) is 72.0 Å². The molecule has 1 atom stereocenters. The molecule has 0 aliphatic heterocycles. The summed E-state index contributed by atoms with van der Waals surface area (Å²) in [6.45, 7) is 2.29. The van der Waals surface area contributed by atoms with Gasteiger partial charge in [0.1, 0.15) is 0 Å². The third-order valence-electron chi connectivity index (χ3n) is 3.20. The van der Waals surface area contributed by atoms with Crippen molar-refractivity contribution < 1.29 is 0 Å². The molecule has 0 spiro atoms. The van der Waals surface area contributed by atoms with E-state index in [1.807, 2.05) is 0 Å². The molecule has 3 rings (SSSR count). The first-order valence-electron chi connectivity index (χ1n) is 5.16. The molecule has 0 amide bonds. The molecule has 0 aromatic heterocycles. The molecule has 0 bridgehead atoms. The van der Waals surface area contributed by atoms with Crippen molar-refractivity contribution in [1.29, 1.82) is 0 Å². The van der Waals surface area contributed by atoms with Gasteiger partial charge in [-0.25, -0.2) is 0 Å². The second kappa shape index (κ2) is 3.34. The Kier molecular flexibility index (Phi) is 2.09. The highest BCUT2D eigenvalue weighted by molar-refractivity contribution is 14.1. The maximum Gasteiger partial charge on any atom is 0.0133 e. The van der Waals surface area contributed by atoms with Gasteiger partial charge in [-0.05, 0) is 57.0 Å². The third kappa shape index (κ3) is 1.33. The first kappa shape index (κ1) is 9.40. The van der Waals surface area contributed by atoms with Crippen molar-refractivity contribution >= 4 is 22.6 Å². The normalized spacial score (nSPS) is 17.3. The van der Waals surface area contributed by atoms with Crippen LogP contribution in [0.3, 0.4) is 0 Å². The van der Waals surface area contributed by atoms with Crippen LogP contribution in [0, 0.1) is 3.57 Å². The standard InChI is InChI=1S/C14H11I/c1-9-11-4-2-3-5-12(11)13-7-6-10(15)8-14(9)13/h2-9H,1H3. The lowest BCUT2D eigenvalue weighted by atomic mass is 10.00. The quantitative estimate of drug-likeness (QED) is 0.632. The van der Waals surface area contributed by atoms with Crippen LogP contribution in [0.4, 0.5) is 0 Å². The van der Waals surface area contributed by atoms with Crippen molar-refractivity contribution in [3.8, 4) is 11.1 Å². The lowest BCUT2D eigenvalue weighted by Gasteiger charge is -2.05. The minimum absolute atomic E-state index is 0.547. The van der Waals surface area contributed by atoms with E-state index < -0.39 is 0 Å². The summed E-state index contributed by atoms with van der Waals surface area (Å²) in [5.74, 6) is 0.547. The van der Waals surface area contributed by atoms with Gasteiger partial charge in [0.05, 0.1) is 0 Å². The van der Waals surface area contributed by atoms with Gasteiger partial charge >= 0.3 is 0 Å². The van der Waals surface area contributed by atoms with E-state index in [9.17, 15) is 0 Å². The van der Waals surface area contributed by atoms with Crippen molar-refractivity contribution in [3.63, 3.8) is 0 Å². The summed E-state index contributed by atoms with van der Waals surface area (Å²) in [4.78, 5) is 0. The van der Waals surface area contributed by atoms with Crippen LogP contribution < -0.4 is 0 Å². The maximum absolute atomic E-state index is 2.38.